The molecule has 1 unspecified atom stereocenters. The third-order valence-electron chi connectivity index (χ3n) is 2.89. The molecule has 0 saturated carbocycles. The topological polar surface area (TPSA) is 64.6 Å². The van der Waals surface area contributed by atoms with Gasteiger partial charge in [-0.3, -0.25) is 4.79 Å². The van der Waals surface area contributed by atoms with E-state index < -0.39 is 17.7 Å². The van der Waals surface area contributed by atoms with Gasteiger partial charge in [0, 0.05) is 19.1 Å². The van der Waals surface area contributed by atoms with Crippen molar-refractivity contribution in [1.29, 1.82) is 0 Å². The number of ketones is 1. The van der Waals surface area contributed by atoms with E-state index in [2.05, 4.69) is 5.32 Å². The zero-order valence-corrected chi connectivity index (χ0v) is 13.9. The largest absolute Gasteiger partial charge is 0.444 e. The molecule has 22 heavy (non-hydrogen) atoms. The fourth-order valence-corrected chi connectivity index (χ4v) is 1.91. The van der Waals surface area contributed by atoms with Crippen molar-refractivity contribution in [2.45, 2.75) is 45.8 Å². The number of carbonyl (C=O) groups is 2. The molecule has 5 heteroatoms. The first kappa shape index (κ1) is 18.2. The third-order valence-corrected chi connectivity index (χ3v) is 2.89. The van der Waals surface area contributed by atoms with Crippen molar-refractivity contribution in [3.05, 3.63) is 35.4 Å². The summed E-state index contributed by atoms with van der Waals surface area (Å²) in [6.45, 7) is 7.57. The predicted octanol–water partition coefficient (Wildman–Crippen LogP) is 3.11. The Labute approximate surface area is 132 Å². The molecule has 1 atom stereocenters. The van der Waals surface area contributed by atoms with Crippen molar-refractivity contribution < 1.29 is 19.1 Å². The van der Waals surface area contributed by atoms with Gasteiger partial charge in [0.15, 0.2) is 5.78 Å². The lowest BCUT2D eigenvalue weighted by Crippen LogP contribution is -2.42. The number of Topliss-reactive ketones (excluding diaryl/α,β-unsaturated/α-hetero) is 1. The Balaban J connectivity index is 2.65. The molecule has 0 spiro atoms. The number of methoxy groups -OCH3 is 1. The van der Waals surface area contributed by atoms with E-state index in [1.165, 1.54) is 7.11 Å². The van der Waals surface area contributed by atoms with Gasteiger partial charge in [0.1, 0.15) is 5.60 Å². The first-order valence-electron chi connectivity index (χ1n) is 7.29. The smallest absolute Gasteiger partial charge is 0.407 e. The molecule has 0 saturated heterocycles. The molecule has 0 radical (unpaired) electrons. The first-order chi connectivity index (χ1) is 10.2. The van der Waals surface area contributed by atoms with Crippen molar-refractivity contribution in [3.63, 3.8) is 0 Å². The van der Waals surface area contributed by atoms with Crippen LogP contribution in [-0.4, -0.2) is 37.2 Å². The molecule has 122 valence electrons. The van der Waals surface area contributed by atoms with Gasteiger partial charge >= 0.3 is 6.09 Å². The molecule has 0 bridgehead atoms. The molecule has 0 aliphatic heterocycles. The highest BCUT2D eigenvalue weighted by molar-refractivity contribution is 5.96. The number of rotatable bonds is 6. The minimum Gasteiger partial charge on any atom is -0.444 e. The molecule has 1 aromatic carbocycles. The lowest BCUT2D eigenvalue weighted by molar-refractivity contribution is 0.0464. The lowest BCUT2D eigenvalue weighted by atomic mass is 10.0. The van der Waals surface area contributed by atoms with Crippen LogP contribution in [0, 0.1) is 6.92 Å². The number of hydrogen-bond acceptors (Lipinski definition) is 4. The van der Waals surface area contributed by atoms with Crippen molar-refractivity contribution >= 4 is 11.9 Å². The molecule has 0 fully saturated rings. The van der Waals surface area contributed by atoms with Crippen LogP contribution in [0.3, 0.4) is 0 Å². The monoisotopic (exact) mass is 307 g/mol. The van der Waals surface area contributed by atoms with Crippen molar-refractivity contribution in [2.24, 2.45) is 0 Å². The van der Waals surface area contributed by atoms with Gasteiger partial charge in [-0.1, -0.05) is 29.8 Å². The van der Waals surface area contributed by atoms with E-state index in [1.807, 2.05) is 19.1 Å². The molecule has 1 rings (SSSR count). The minimum absolute atomic E-state index is 0.0434. The summed E-state index contributed by atoms with van der Waals surface area (Å²) in [7, 11) is 1.53. The molecule has 0 aromatic heterocycles. The number of alkyl carbamates (subject to hydrolysis) is 1. The van der Waals surface area contributed by atoms with Gasteiger partial charge in [-0.05, 0) is 27.7 Å². The summed E-state index contributed by atoms with van der Waals surface area (Å²) < 4.78 is 10.3. The summed E-state index contributed by atoms with van der Waals surface area (Å²) in [5.74, 6) is -0.0434. The molecule has 5 nitrogen and oxygen atoms in total. The summed E-state index contributed by atoms with van der Waals surface area (Å²) in [5, 5.41) is 2.68. The maximum absolute atomic E-state index is 12.3. The fourth-order valence-electron chi connectivity index (χ4n) is 1.91. The van der Waals surface area contributed by atoms with Crippen LogP contribution in [0.4, 0.5) is 4.79 Å². The first-order valence-corrected chi connectivity index (χ1v) is 7.29. The van der Waals surface area contributed by atoms with E-state index in [4.69, 9.17) is 9.47 Å². The molecule has 0 aliphatic rings. The predicted molar refractivity (Wildman–Crippen MR) is 85.2 cm³/mol. The van der Waals surface area contributed by atoms with Crippen LogP contribution in [0.5, 0.6) is 0 Å². The van der Waals surface area contributed by atoms with E-state index in [-0.39, 0.29) is 18.8 Å². The number of hydrogen-bond donors (Lipinski definition) is 1. The van der Waals surface area contributed by atoms with Crippen LogP contribution >= 0.6 is 0 Å². The van der Waals surface area contributed by atoms with Crippen LogP contribution in [-0.2, 0) is 9.47 Å². The van der Waals surface area contributed by atoms with Gasteiger partial charge in [0.05, 0.1) is 12.6 Å². The van der Waals surface area contributed by atoms with Crippen LogP contribution in [0.25, 0.3) is 0 Å². The van der Waals surface area contributed by atoms with Crippen molar-refractivity contribution in [1.82, 2.24) is 5.32 Å². The zero-order chi connectivity index (χ0) is 16.8. The van der Waals surface area contributed by atoms with E-state index in [9.17, 15) is 9.59 Å². The number of ether oxygens (including phenoxy) is 2. The Kier molecular flexibility index (Phi) is 6.56. The Morgan fingerprint density at radius 2 is 1.77 bits per heavy atom. The standard InChI is InChI=1S/C17H25NO4/c1-12-6-8-13(9-7-12)15(19)10-14(11-21-5)18-16(20)22-17(2,3)4/h6-9,14H,10-11H2,1-5H3,(H,18,20). The highest BCUT2D eigenvalue weighted by atomic mass is 16.6. The Morgan fingerprint density at radius 3 is 2.27 bits per heavy atom. The molecule has 0 aliphatic carbocycles. The fraction of sp³-hybridized carbons (Fsp3) is 0.529. The summed E-state index contributed by atoms with van der Waals surface area (Å²) >= 11 is 0. The molecule has 1 amide bonds. The molecular weight excluding hydrogens is 282 g/mol. The Hall–Kier alpha value is -1.88. The maximum Gasteiger partial charge on any atom is 0.407 e. The van der Waals surface area contributed by atoms with Crippen molar-refractivity contribution in [2.75, 3.05) is 13.7 Å². The van der Waals surface area contributed by atoms with E-state index in [0.29, 0.717) is 5.56 Å². The zero-order valence-electron chi connectivity index (χ0n) is 13.9. The number of amides is 1. The van der Waals surface area contributed by atoms with Gasteiger partial charge < -0.3 is 14.8 Å². The maximum atomic E-state index is 12.3. The SMILES string of the molecule is COCC(CC(=O)c1ccc(C)cc1)NC(=O)OC(C)(C)C. The summed E-state index contributed by atoms with van der Waals surface area (Å²) in [6, 6.07) is 6.93. The number of aryl methyl sites for hydroxylation is 1. The van der Waals surface area contributed by atoms with Crippen LogP contribution < -0.4 is 5.32 Å². The summed E-state index contributed by atoms with van der Waals surface area (Å²) in [5.41, 5.74) is 1.14. The van der Waals surface area contributed by atoms with Gasteiger partial charge in [-0.25, -0.2) is 4.79 Å². The van der Waals surface area contributed by atoms with E-state index in [0.717, 1.165) is 5.56 Å². The Morgan fingerprint density at radius 1 is 1.18 bits per heavy atom. The third kappa shape index (κ3) is 6.72. The lowest BCUT2D eigenvalue weighted by Gasteiger charge is -2.23. The summed E-state index contributed by atoms with van der Waals surface area (Å²) in [4.78, 5) is 24.1. The average molecular weight is 307 g/mol. The summed E-state index contributed by atoms with van der Waals surface area (Å²) in [6.07, 6.45) is -0.387. The quantitative estimate of drug-likeness (QED) is 0.820. The normalized spacial score (nSPS) is 12.6. The highest BCUT2D eigenvalue weighted by Crippen LogP contribution is 2.10. The van der Waals surface area contributed by atoms with Gasteiger partial charge in [-0.15, -0.1) is 0 Å². The number of benzene rings is 1. The van der Waals surface area contributed by atoms with Crippen LogP contribution in [0.15, 0.2) is 24.3 Å². The second-order valence-electron chi connectivity index (χ2n) is 6.29. The van der Waals surface area contributed by atoms with Crippen molar-refractivity contribution in [3.8, 4) is 0 Å². The van der Waals surface area contributed by atoms with Gasteiger partial charge in [0.2, 0.25) is 0 Å². The van der Waals surface area contributed by atoms with Gasteiger partial charge in [0.25, 0.3) is 0 Å². The second-order valence-corrected chi connectivity index (χ2v) is 6.29. The van der Waals surface area contributed by atoms with Crippen LogP contribution in [0.2, 0.25) is 0 Å². The highest BCUT2D eigenvalue weighted by Gasteiger charge is 2.21. The molecular formula is C17H25NO4. The number of carbonyl (C=O) groups excluding carboxylic acids is 2. The molecule has 1 N–H and O–H groups in total. The molecule has 0 heterocycles. The average Bonchev–Trinajstić information content (AvgIpc) is 2.37. The van der Waals surface area contributed by atoms with E-state index >= 15 is 0 Å². The van der Waals surface area contributed by atoms with Gasteiger partial charge in [-0.2, -0.15) is 0 Å². The Bertz CT molecular complexity index is 502. The van der Waals surface area contributed by atoms with E-state index in [1.54, 1.807) is 32.9 Å². The molecule has 1 aromatic rings. The second kappa shape index (κ2) is 7.94. The number of nitrogens with one attached hydrogen (secondary N) is 1. The van der Waals surface area contributed by atoms with Crippen LogP contribution in [0.1, 0.15) is 43.1 Å². The minimum atomic E-state index is -0.581.